The minimum Gasteiger partial charge on any atom is -0.382 e. The summed E-state index contributed by atoms with van der Waals surface area (Å²) in [5.41, 5.74) is 2.14. The van der Waals surface area contributed by atoms with Gasteiger partial charge in [0.05, 0.1) is 5.69 Å². The predicted molar refractivity (Wildman–Crippen MR) is 73.4 cm³/mol. The molecule has 5 heteroatoms. The van der Waals surface area contributed by atoms with Gasteiger partial charge in [-0.15, -0.1) is 0 Å². The first kappa shape index (κ1) is 13.5. The quantitative estimate of drug-likeness (QED) is 0.807. The van der Waals surface area contributed by atoms with E-state index in [-0.39, 0.29) is 5.91 Å². The molecule has 2 aromatic heterocycles. The molecule has 2 rings (SSSR count). The summed E-state index contributed by atoms with van der Waals surface area (Å²) in [5.74, 6) is -0.0901. The van der Waals surface area contributed by atoms with Gasteiger partial charge in [0.15, 0.2) is 0 Å². The van der Waals surface area contributed by atoms with Crippen LogP contribution in [0.2, 0.25) is 0 Å². The molecule has 0 fully saturated rings. The third kappa shape index (κ3) is 3.12. The first-order valence-corrected chi connectivity index (χ1v) is 6.53. The van der Waals surface area contributed by atoms with Crippen LogP contribution in [0.3, 0.4) is 0 Å². The highest BCUT2D eigenvalue weighted by Gasteiger charge is 2.15. The van der Waals surface area contributed by atoms with Crippen LogP contribution in [0.15, 0.2) is 24.4 Å². The zero-order chi connectivity index (χ0) is 13.7. The van der Waals surface area contributed by atoms with Crippen molar-refractivity contribution in [2.75, 3.05) is 19.8 Å². The Morgan fingerprint density at radius 2 is 2.32 bits per heavy atom. The number of hydrogen-bond donors (Lipinski definition) is 1. The maximum Gasteiger partial charge on any atom is 0.270 e. The number of pyridine rings is 1. The van der Waals surface area contributed by atoms with Gasteiger partial charge < -0.3 is 10.1 Å². The lowest BCUT2D eigenvalue weighted by atomic mass is 10.3. The van der Waals surface area contributed by atoms with E-state index >= 15 is 0 Å². The fourth-order valence-electron chi connectivity index (χ4n) is 1.99. The summed E-state index contributed by atoms with van der Waals surface area (Å²) in [6, 6.07) is 5.68. The van der Waals surface area contributed by atoms with Crippen molar-refractivity contribution in [1.82, 2.24) is 14.7 Å². The number of fused-ring (bicyclic) bond motifs is 1. The summed E-state index contributed by atoms with van der Waals surface area (Å²) in [6.45, 7) is 5.80. The number of nitrogens with one attached hydrogen (secondary N) is 1. The molecule has 0 unspecified atom stereocenters. The van der Waals surface area contributed by atoms with E-state index in [2.05, 4.69) is 10.3 Å². The minimum atomic E-state index is -0.0901. The first-order valence-electron chi connectivity index (χ1n) is 6.53. The van der Waals surface area contributed by atoms with Crippen LogP contribution < -0.4 is 5.32 Å². The molecule has 1 N–H and O–H groups in total. The zero-order valence-electron chi connectivity index (χ0n) is 11.3. The van der Waals surface area contributed by atoms with Crippen molar-refractivity contribution in [3.05, 3.63) is 35.8 Å². The summed E-state index contributed by atoms with van der Waals surface area (Å²) in [6.07, 6.45) is 2.67. The van der Waals surface area contributed by atoms with Crippen LogP contribution in [0.1, 0.15) is 29.5 Å². The van der Waals surface area contributed by atoms with Gasteiger partial charge in [0.25, 0.3) is 5.91 Å². The molecular weight excluding hydrogens is 242 g/mol. The second-order valence-corrected chi connectivity index (χ2v) is 4.28. The van der Waals surface area contributed by atoms with E-state index < -0.39 is 0 Å². The molecule has 0 aliphatic heterocycles. The van der Waals surface area contributed by atoms with Crippen molar-refractivity contribution in [2.45, 2.75) is 20.3 Å². The lowest BCUT2D eigenvalue weighted by Crippen LogP contribution is -2.27. The number of ether oxygens (including phenoxy) is 1. The molecule has 0 atom stereocenters. The van der Waals surface area contributed by atoms with Gasteiger partial charge in [0.1, 0.15) is 11.3 Å². The van der Waals surface area contributed by atoms with Gasteiger partial charge in [-0.25, -0.2) is 4.98 Å². The highest BCUT2D eigenvalue weighted by molar-refractivity contribution is 5.94. The maximum absolute atomic E-state index is 12.2. The van der Waals surface area contributed by atoms with Crippen LogP contribution in [-0.4, -0.2) is 35.1 Å². The highest BCUT2D eigenvalue weighted by atomic mass is 16.5. The van der Waals surface area contributed by atoms with Gasteiger partial charge in [-0.05, 0) is 32.4 Å². The molecule has 2 heterocycles. The Labute approximate surface area is 112 Å². The van der Waals surface area contributed by atoms with Crippen molar-refractivity contribution in [2.24, 2.45) is 0 Å². The Morgan fingerprint density at radius 3 is 3.11 bits per heavy atom. The number of nitrogens with zero attached hydrogens (tertiary/aromatic N) is 2. The lowest BCUT2D eigenvalue weighted by Gasteiger charge is -2.06. The van der Waals surface area contributed by atoms with Crippen LogP contribution in [0.5, 0.6) is 0 Å². The standard InChI is InChI=1S/C14H19N3O2/c1-3-19-10-6-8-15-14(18)13-11(2)16-12-7-4-5-9-17(12)13/h4-5,7,9H,3,6,8,10H2,1-2H3,(H,15,18). The van der Waals surface area contributed by atoms with E-state index in [1.165, 1.54) is 0 Å². The fourth-order valence-corrected chi connectivity index (χ4v) is 1.99. The van der Waals surface area contributed by atoms with Gasteiger partial charge in [-0.3, -0.25) is 9.20 Å². The number of aryl methyl sites for hydroxylation is 1. The van der Waals surface area contributed by atoms with Crippen molar-refractivity contribution in [3.63, 3.8) is 0 Å². The molecule has 2 aromatic rings. The number of aromatic nitrogens is 2. The Hall–Kier alpha value is -1.88. The first-order chi connectivity index (χ1) is 9.24. The molecule has 0 aliphatic carbocycles. The summed E-state index contributed by atoms with van der Waals surface area (Å²) >= 11 is 0. The van der Waals surface area contributed by atoms with E-state index in [0.717, 1.165) is 17.8 Å². The molecule has 0 bridgehead atoms. The smallest absolute Gasteiger partial charge is 0.270 e. The van der Waals surface area contributed by atoms with Crippen molar-refractivity contribution >= 4 is 11.6 Å². The Morgan fingerprint density at radius 1 is 1.47 bits per heavy atom. The highest BCUT2D eigenvalue weighted by Crippen LogP contribution is 2.11. The van der Waals surface area contributed by atoms with Gasteiger partial charge >= 0.3 is 0 Å². The van der Waals surface area contributed by atoms with Gasteiger partial charge in [0.2, 0.25) is 0 Å². The molecule has 5 nitrogen and oxygen atoms in total. The topological polar surface area (TPSA) is 55.6 Å². The summed E-state index contributed by atoms with van der Waals surface area (Å²) < 4.78 is 7.04. The number of imidazole rings is 1. The molecular formula is C14H19N3O2. The zero-order valence-corrected chi connectivity index (χ0v) is 11.3. The second kappa shape index (κ2) is 6.33. The second-order valence-electron chi connectivity index (χ2n) is 4.28. The summed E-state index contributed by atoms with van der Waals surface area (Å²) in [7, 11) is 0. The number of hydrogen-bond acceptors (Lipinski definition) is 3. The fraction of sp³-hybridized carbons (Fsp3) is 0.429. The average Bonchev–Trinajstić information content (AvgIpc) is 2.74. The maximum atomic E-state index is 12.2. The van der Waals surface area contributed by atoms with Crippen LogP contribution in [-0.2, 0) is 4.74 Å². The lowest BCUT2D eigenvalue weighted by molar-refractivity contribution is 0.0938. The largest absolute Gasteiger partial charge is 0.382 e. The predicted octanol–water partition coefficient (Wildman–Crippen LogP) is 1.80. The van der Waals surface area contributed by atoms with Crippen molar-refractivity contribution < 1.29 is 9.53 Å². The van der Waals surface area contributed by atoms with Crippen molar-refractivity contribution in [3.8, 4) is 0 Å². The molecule has 0 aromatic carbocycles. The number of carbonyl (C=O) groups is 1. The van der Waals surface area contributed by atoms with Crippen LogP contribution in [0.4, 0.5) is 0 Å². The van der Waals surface area contributed by atoms with E-state index in [4.69, 9.17) is 4.74 Å². The van der Waals surface area contributed by atoms with E-state index in [1.54, 1.807) is 0 Å². The van der Waals surface area contributed by atoms with E-state index in [9.17, 15) is 4.79 Å². The number of amides is 1. The third-order valence-corrected chi connectivity index (χ3v) is 2.87. The Balaban J connectivity index is 2.03. The SMILES string of the molecule is CCOCCCNC(=O)c1c(C)nc2ccccn12. The average molecular weight is 261 g/mol. The summed E-state index contributed by atoms with van der Waals surface area (Å²) in [4.78, 5) is 16.5. The normalized spacial score (nSPS) is 10.8. The molecule has 1 amide bonds. The minimum absolute atomic E-state index is 0.0901. The molecule has 0 saturated heterocycles. The molecule has 0 spiro atoms. The third-order valence-electron chi connectivity index (χ3n) is 2.87. The number of rotatable bonds is 6. The Bertz CT molecular complexity index is 563. The molecule has 0 aliphatic rings. The van der Waals surface area contributed by atoms with E-state index in [0.29, 0.717) is 25.5 Å². The van der Waals surface area contributed by atoms with Gasteiger partial charge in [0, 0.05) is 26.0 Å². The van der Waals surface area contributed by atoms with Crippen LogP contribution in [0.25, 0.3) is 5.65 Å². The van der Waals surface area contributed by atoms with Gasteiger partial charge in [-0.1, -0.05) is 6.07 Å². The monoisotopic (exact) mass is 261 g/mol. The molecule has 0 saturated carbocycles. The molecule has 0 radical (unpaired) electrons. The van der Waals surface area contributed by atoms with Gasteiger partial charge in [-0.2, -0.15) is 0 Å². The molecule has 102 valence electrons. The Kier molecular flexibility index (Phi) is 4.52. The molecule has 19 heavy (non-hydrogen) atoms. The summed E-state index contributed by atoms with van der Waals surface area (Å²) in [5, 5.41) is 2.90. The van der Waals surface area contributed by atoms with Crippen LogP contribution >= 0.6 is 0 Å². The number of carbonyl (C=O) groups excluding carboxylic acids is 1. The van der Waals surface area contributed by atoms with Crippen LogP contribution in [0, 0.1) is 6.92 Å². The van der Waals surface area contributed by atoms with Crippen molar-refractivity contribution in [1.29, 1.82) is 0 Å². The van der Waals surface area contributed by atoms with E-state index in [1.807, 2.05) is 42.6 Å².